The van der Waals surface area contributed by atoms with Crippen molar-refractivity contribution in [1.29, 1.82) is 0 Å². The molecule has 1 amide bonds. The molecule has 0 aliphatic heterocycles. The summed E-state index contributed by atoms with van der Waals surface area (Å²) in [6.45, 7) is 5.06. The maximum absolute atomic E-state index is 12.0. The van der Waals surface area contributed by atoms with E-state index in [1.54, 1.807) is 32.0 Å². The number of nitrogens with two attached hydrogens (primary N) is 1. The average molecular weight is 284 g/mol. The zero-order chi connectivity index (χ0) is 14.8. The minimum Gasteiger partial charge on any atom is -0.398 e. The lowest BCUT2D eigenvalue weighted by molar-refractivity contribution is 0.0951. The topological polar surface area (TPSA) is 89.3 Å². The lowest BCUT2D eigenvalue weighted by Crippen LogP contribution is -2.43. The molecule has 6 heteroatoms. The fourth-order valence-electron chi connectivity index (χ4n) is 1.41. The molecule has 0 spiro atoms. The lowest BCUT2D eigenvalue weighted by atomic mass is 10.1. The third-order valence-corrected chi connectivity index (χ3v) is 5.28. The zero-order valence-electron chi connectivity index (χ0n) is 11.6. The number of carbonyl (C=O) groups is 1. The van der Waals surface area contributed by atoms with Gasteiger partial charge in [-0.15, -0.1) is 0 Å². The van der Waals surface area contributed by atoms with Crippen molar-refractivity contribution in [1.82, 2.24) is 5.32 Å². The summed E-state index contributed by atoms with van der Waals surface area (Å²) in [5.41, 5.74) is 7.47. The molecule has 0 aliphatic carbocycles. The first-order chi connectivity index (χ1) is 8.54. The quantitative estimate of drug-likeness (QED) is 0.811. The van der Waals surface area contributed by atoms with Crippen molar-refractivity contribution in [2.45, 2.75) is 25.5 Å². The largest absolute Gasteiger partial charge is 0.398 e. The molecule has 0 atom stereocenters. The van der Waals surface area contributed by atoms with Gasteiger partial charge in [-0.2, -0.15) is 0 Å². The van der Waals surface area contributed by atoms with Crippen LogP contribution in [0.5, 0.6) is 0 Å². The van der Waals surface area contributed by atoms with Crippen molar-refractivity contribution in [3.05, 3.63) is 29.3 Å². The number of nitrogens with one attached hydrogen (secondary N) is 1. The highest BCUT2D eigenvalue weighted by Gasteiger charge is 2.30. The molecule has 3 N–H and O–H groups in total. The molecule has 0 unspecified atom stereocenters. The smallest absolute Gasteiger partial charge is 0.253 e. The second-order valence-corrected chi connectivity index (χ2v) is 7.95. The molecule has 19 heavy (non-hydrogen) atoms. The number of nitrogen functional groups attached to an aromatic ring is 1. The predicted octanol–water partition coefficient (Wildman–Crippen LogP) is 1.13. The van der Waals surface area contributed by atoms with Gasteiger partial charge < -0.3 is 11.1 Å². The van der Waals surface area contributed by atoms with Crippen LogP contribution in [0.3, 0.4) is 0 Å². The van der Waals surface area contributed by atoms with Gasteiger partial charge in [-0.05, 0) is 38.5 Å². The second kappa shape index (κ2) is 5.21. The zero-order valence-corrected chi connectivity index (χ0v) is 12.5. The summed E-state index contributed by atoms with van der Waals surface area (Å²) in [4.78, 5) is 12.0. The van der Waals surface area contributed by atoms with Gasteiger partial charge in [0.1, 0.15) is 0 Å². The summed E-state index contributed by atoms with van der Waals surface area (Å²) >= 11 is 0. The first-order valence-electron chi connectivity index (χ1n) is 5.88. The number of carbonyl (C=O) groups excluding carboxylic acids is 1. The van der Waals surface area contributed by atoms with Crippen molar-refractivity contribution in [2.75, 3.05) is 18.5 Å². The van der Waals surface area contributed by atoms with Gasteiger partial charge >= 0.3 is 0 Å². The van der Waals surface area contributed by atoms with Crippen LogP contribution in [0.4, 0.5) is 5.69 Å². The molecule has 0 fully saturated rings. The van der Waals surface area contributed by atoms with Gasteiger partial charge in [0.15, 0.2) is 9.84 Å². The first kappa shape index (κ1) is 15.5. The molecule has 0 saturated heterocycles. The summed E-state index contributed by atoms with van der Waals surface area (Å²) in [5.74, 6) is -0.366. The summed E-state index contributed by atoms with van der Waals surface area (Å²) < 4.78 is 22.1. The minimum absolute atomic E-state index is 0.0397. The number of amides is 1. The van der Waals surface area contributed by atoms with E-state index in [0.29, 0.717) is 11.3 Å². The average Bonchev–Trinajstić information content (AvgIpc) is 2.24. The van der Waals surface area contributed by atoms with Crippen LogP contribution in [-0.4, -0.2) is 31.9 Å². The normalized spacial score (nSPS) is 12.2. The fraction of sp³-hybridized carbons (Fsp3) is 0.462. The molecule has 0 aromatic heterocycles. The van der Waals surface area contributed by atoms with E-state index in [1.807, 2.05) is 6.92 Å². The number of rotatable bonds is 4. The highest BCUT2D eigenvalue weighted by atomic mass is 32.2. The molecule has 0 radical (unpaired) electrons. The third kappa shape index (κ3) is 3.70. The van der Waals surface area contributed by atoms with E-state index >= 15 is 0 Å². The highest BCUT2D eigenvalue weighted by molar-refractivity contribution is 7.92. The van der Waals surface area contributed by atoms with E-state index in [9.17, 15) is 13.2 Å². The third-order valence-electron chi connectivity index (χ3n) is 3.13. The van der Waals surface area contributed by atoms with E-state index < -0.39 is 14.6 Å². The van der Waals surface area contributed by atoms with Gasteiger partial charge in [0, 0.05) is 18.5 Å². The van der Waals surface area contributed by atoms with Crippen LogP contribution in [0.15, 0.2) is 18.2 Å². The Hall–Kier alpha value is -1.56. The number of aryl methyl sites for hydroxylation is 1. The Labute approximate surface area is 114 Å². The fourth-order valence-corrected chi connectivity index (χ4v) is 1.74. The Kier molecular flexibility index (Phi) is 4.25. The Bertz CT molecular complexity index is 592. The van der Waals surface area contributed by atoms with E-state index in [4.69, 9.17) is 5.73 Å². The molecule has 0 bridgehead atoms. The minimum atomic E-state index is -3.24. The maximum atomic E-state index is 12.0. The van der Waals surface area contributed by atoms with Crippen molar-refractivity contribution in [2.24, 2.45) is 0 Å². The van der Waals surface area contributed by atoms with Gasteiger partial charge in [-0.1, -0.05) is 6.07 Å². The Morgan fingerprint density at radius 2 is 1.95 bits per heavy atom. The number of hydrogen-bond donors (Lipinski definition) is 2. The van der Waals surface area contributed by atoms with E-state index in [1.165, 1.54) is 0 Å². The predicted molar refractivity (Wildman–Crippen MR) is 76.8 cm³/mol. The van der Waals surface area contributed by atoms with Crippen molar-refractivity contribution < 1.29 is 13.2 Å². The van der Waals surface area contributed by atoms with Gasteiger partial charge in [-0.25, -0.2) is 8.42 Å². The molecule has 106 valence electrons. The van der Waals surface area contributed by atoms with Crippen LogP contribution >= 0.6 is 0 Å². The van der Waals surface area contributed by atoms with Crippen LogP contribution < -0.4 is 11.1 Å². The van der Waals surface area contributed by atoms with Crippen LogP contribution in [0.1, 0.15) is 29.8 Å². The van der Waals surface area contributed by atoms with Crippen molar-refractivity contribution in [3.63, 3.8) is 0 Å². The van der Waals surface area contributed by atoms with Crippen molar-refractivity contribution >= 4 is 21.4 Å². The number of benzene rings is 1. The van der Waals surface area contributed by atoms with Gasteiger partial charge in [-0.3, -0.25) is 4.79 Å². The van der Waals surface area contributed by atoms with E-state index in [0.717, 1.165) is 11.8 Å². The SMILES string of the molecule is Cc1ccc(C(=O)NCC(C)(C)S(C)(=O)=O)c(N)c1. The summed E-state index contributed by atoms with van der Waals surface area (Å²) in [5, 5.41) is 2.61. The molecule has 0 heterocycles. The van der Waals surface area contributed by atoms with Crippen LogP contribution in [0.2, 0.25) is 0 Å². The maximum Gasteiger partial charge on any atom is 0.253 e. The molecule has 0 aliphatic rings. The molecular weight excluding hydrogens is 264 g/mol. The van der Waals surface area contributed by atoms with Crippen LogP contribution in [-0.2, 0) is 9.84 Å². The molecule has 0 saturated carbocycles. The first-order valence-corrected chi connectivity index (χ1v) is 7.78. The van der Waals surface area contributed by atoms with E-state index in [2.05, 4.69) is 5.32 Å². The molecule has 1 aromatic rings. The standard InChI is InChI=1S/C13H20N2O3S/c1-9-5-6-10(11(14)7-9)12(16)15-8-13(2,3)19(4,17)18/h5-7H,8,14H2,1-4H3,(H,15,16). The van der Waals surface area contributed by atoms with Gasteiger partial charge in [0.2, 0.25) is 0 Å². The van der Waals surface area contributed by atoms with Crippen LogP contribution in [0, 0.1) is 6.92 Å². The van der Waals surface area contributed by atoms with Crippen LogP contribution in [0.25, 0.3) is 0 Å². The molecule has 5 nitrogen and oxygen atoms in total. The Morgan fingerprint density at radius 3 is 2.42 bits per heavy atom. The number of sulfone groups is 1. The Balaban J connectivity index is 2.82. The van der Waals surface area contributed by atoms with Crippen molar-refractivity contribution in [3.8, 4) is 0 Å². The monoisotopic (exact) mass is 284 g/mol. The second-order valence-electron chi connectivity index (χ2n) is 5.31. The number of anilines is 1. The van der Waals surface area contributed by atoms with Gasteiger partial charge in [0.05, 0.1) is 10.3 Å². The summed E-state index contributed by atoms with van der Waals surface area (Å²) in [6, 6.07) is 5.12. The summed E-state index contributed by atoms with van der Waals surface area (Å²) in [6.07, 6.45) is 1.15. The van der Waals surface area contributed by atoms with Gasteiger partial charge in [0.25, 0.3) is 5.91 Å². The lowest BCUT2D eigenvalue weighted by Gasteiger charge is -2.22. The highest BCUT2D eigenvalue weighted by Crippen LogP contribution is 2.16. The Morgan fingerprint density at radius 1 is 1.37 bits per heavy atom. The van der Waals surface area contributed by atoms with E-state index in [-0.39, 0.29) is 12.5 Å². The number of hydrogen-bond acceptors (Lipinski definition) is 4. The molecule has 1 rings (SSSR count). The summed E-state index contributed by atoms with van der Waals surface area (Å²) in [7, 11) is -3.24. The molecule has 1 aromatic carbocycles. The molecular formula is C13H20N2O3S.